The lowest BCUT2D eigenvalue weighted by Crippen LogP contribution is -2.05. The highest BCUT2D eigenvalue weighted by Gasteiger charge is 2.14. The van der Waals surface area contributed by atoms with Gasteiger partial charge in [-0.3, -0.25) is 0 Å². The van der Waals surface area contributed by atoms with E-state index in [9.17, 15) is 0 Å². The van der Waals surface area contributed by atoms with Gasteiger partial charge >= 0.3 is 0 Å². The fourth-order valence-electron chi connectivity index (χ4n) is 1.62. The second kappa shape index (κ2) is 6.66. The molecule has 1 aromatic rings. The molecule has 1 rings (SSSR count). The monoisotopic (exact) mass is 241 g/mol. The molecule has 3 nitrogen and oxygen atoms in total. The van der Waals surface area contributed by atoms with Crippen LogP contribution in [-0.2, 0) is 6.42 Å². The number of ether oxygens (including phenoxy) is 2. The normalized spacial score (nSPS) is 10.2. The average Bonchev–Trinajstić information content (AvgIpc) is 2.31. The van der Waals surface area contributed by atoms with Crippen molar-refractivity contribution in [1.82, 2.24) is 0 Å². The van der Waals surface area contributed by atoms with Crippen molar-refractivity contribution in [3.05, 3.63) is 17.7 Å². The Bertz CT molecular complexity index is 309. The first-order valence-corrected chi connectivity index (χ1v) is 6.33. The predicted octanol–water partition coefficient (Wildman–Crippen LogP) is 2.32. The molecule has 0 spiro atoms. The van der Waals surface area contributed by atoms with Crippen molar-refractivity contribution in [2.24, 2.45) is 5.73 Å². The number of thioether (sulfide) groups is 1. The van der Waals surface area contributed by atoms with Gasteiger partial charge in [0.05, 0.1) is 19.1 Å². The molecule has 0 saturated carbocycles. The minimum atomic E-state index is 0.611. The number of nitrogens with two attached hydrogens (primary N) is 1. The third-order valence-corrected chi connectivity index (χ3v) is 3.20. The summed E-state index contributed by atoms with van der Waals surface area (Å²) in [5, 5.41) is 0. The first-order chi connectivity index (χ1) is 7.78. The molecular formula is C12H19NO2S. The van der Waals surface area contributed by atoms with Crippen LogP contribution < -0.4 is 15.2 Å². The van der Waals surface area contributed by atoms with Crippen molar-refractivity contribution in [3.8, 4) is 11.5 Å². The van der Waals surface area contributed by atoms with Gasteiger partial charge in [-0.05, 0) is 30.3 Å². The maximum Gasteiger partial charge on any atom is 0.174 e. The predicted molar refractivity (Wildman–Crippen MR) is 68.7 cm³/mol. The quantitative estimate of drug-likeness (QED) is 0.776. The van der Waals surface area contributed by atoms with E-state index in [0.717, 1.165) is 34.1 Å². The van der Waals surface area contributed by atoms with Crippen LogP contribution in [0.3, 0.4) is 0 Å². The minimum Gasteiger partial charge on any atom is -0.493 e. The van der Waals surface area contributed by atoms with E-state index in [1.165, 1.54) is 0 Å². The van der Waals surface area contributed by atoms with Crippen LogP contribution in [0.5, 0.6) is 11.5 Å². The second-order valence-electron chi connectivity index (χ2n) is 3.26. The van der Waals surface area contributed by atoms with Crippen LogP contribution in [-0.4, -0.2) is 26.5 Å². The molecule has 0 saturated heterocycles. The highest BCUT2D eigenvalue weighted by Crippen LogP contribution is 2.40. The highest BCUT2D eigenvalue weighted by atomic mass is 32.2. The topological polar surface area (TPSA) is 44.5 Å². The summed E-state index contributed by atoms with van der Waals surface area (Å²) in [5.41, 5.74) is 6.67. The van der Waals surface area contributed by atoms with E-state index in [4.69, 9.17) is 15.2 Å². The molecule has 0 aliphatic carbocycles. The Balaban J connectivity index is 3.16. The van der Waals surface area contributed by atoms with Gasteiger partial charge in [-0.1, -0.05) is 13.0 Å². The molecule has 0 aromatic heterocycles. The number of benzene rings is 1. The molecule has 0 atom stereocenters. The van der Waals surface area contributed by atoms with E-state index < -0.39 is 0 Å². The lowest BCUT2D eigenvalue weighted by atomic mass is 10.1. The molecule has 0 aliphatic heterocycles. The van der Waals surface area contributed by atoms with Gasteiger partial charge in [0.1, 0.15) is 0 Å². The van der Waals surface area contributed by atoms with Crippen molar-refractivity contribution in [3.63, 3.8) is 0 Å². The zero-order valence-electron chi connectivity index (χ0n) is 10.1. The first-order valence-electron chi connectivity index (χ1n) is 5.35. The van der Waals surface area contributed by atoms with Gasteiger partial charge in [0.25, 0.3) is 0 Å². The first kappa shape index (κ1) is 13.2. The molecule has 0 aliphatic rings. The van der Waals surface area contributed by atoms with Crippen LogP contribution in [0.4, 0.5) is 0 Å². The molecular weight excluding hydrogens is 222 g/mol. The van der Waals surface area contributed by atoms with Crippen molar-refractivity contribution < 1.29 is 9.47 Å². The molecule has 0 unspecified atom stereocenters. The molecule has 0 radical (unpaired) electrons. The van der Waals surface area contributed by atoms with Gasteiger partial charge in [0.15, 0.2) is 11.5 Å². The van der Waals surface area contributed by atoms with Crippen molar-refractivity contribution in [2.75, 3.05) is 26.5 Å². The number of methoxy groups -OCH3 is 2. The Labute approximate surface area is 101 Å². The largest absolute Gasteiger partial charge is 0.493 e. The second-order valence-corrected chi connectivity index (χ2v) is 4.57. The zero-order valence-corrected chi connectivity index (χ0v) is 10.9. The Morgan fingerprint density at radius 1 is 1.19 bits per heavy atom. The minimum absolute atomic E-state index is 0.611. The molecule has 1 aromatic carbocycles. The molecule has 0 amide bonds. The third-order valence-electron chi connectivity index (χ3n) is 2.28. The van der Waals surface area contributed by atoms with Crippen molar-refractivity contribution >= 4 is 11.8 Å². The zero-order chi connectivity index (χ0) is 12.0. The highest BCUT2D eigenvalue weighted by molar-refractivity contribution is 7.99. The van der Waals surface area contributed by atoms with Gasteiger partial charge < -0.3 is 15.2 Å². The maximum absolute atomic E-state index is 5.57. The number of hydrogen-bond acceptors (Lipinski definition) is 4. The SMILES string of the molecule is CCSc1ccc(CCN)c(OC)c1OC. The van der Waals surface area contributed by atoms with Gasteiger partial charge in [0.2, 0.25) is 0 Å². The van der Waals surface area contributed by atoms with Gasteiger partial charge in [-0.15, -0.1) is 11.8 Å². The Morgan fingerprint density at radius 2 is 1.88 bits per heavy atom. The lowest BCUT2D eigenvalue weighted by Gasteiger charge is -2.15. The Kier molecular flexibility index (Phi) is 5.49. The fraction of sp³-hybridized carbons (Fsp3) is 0.500. The van der Waals surface area contributed by atoms with Crippen molar-refractivity contribution in [2.45, 2.75) is 18.2 Å². The van der Waals surface area contributed by atoms with E-state index in [-0.39, 0.29) is 0 Å². The number of hydrogen-bond donors (Lipinski definition) is 1. The summed E-state index contributed by atoms with van der Waals surface area (Å²) in [7, 11) is 3.34. The van der Waals surface area contributed by atoms with Crippen LogP contribution in [0.25, 0.3) is 0 Å². The van der Waals surface area contributed by atoms with Crippen LogP contribution in [0.1, 0.15) is 12.5 Å². The van der Waals surface area contributed by atoms with E-state index in [2.05, 4.69) is 19.1 Å². The van der Waals surface area contributed by atoms with Crippen LogP contribution in [0.15, 0.2) is 17.0 Å². The van der Waals surface area contributed by atoms with Crippen LogP contribution in [0, 0.1) is 0 Å². The van der Waals surface area contributed by atoms with Gasteiger partial charge in [-0.25, -0.2) is 0 Å². The summed E-state index contributed by atoms with van der Waals surface area (Å²) in [4.78, 5) is 1.11. The number of rotatable bonds is 6. The van der Waals surface area contributed by atoms with Crippen LogP contribution >= 0.6 is 11.8 Å². The molecule has 2 N–H and O–H groups in total. The molecule has 0 heterocycles. The van der Waals surface area contributed by atoms with E-state index >= 15 is 0 Å². The molecule has 0 bridgehead atoms. The van der Waals surface area contributed by atoms with Gasteiger partial charge in [0, 0.05) is 0 Å². The summed E-state index contributed by atoms with van der Waals surface area (Å²) in [6.07, 6.45) is 0.802. The Morgan fingerprint density at radius 3 is 2.38 bits per heavy atom. The van der Waals surface area contributed by atoms with E-state index in [1.807, 2.05) is 0 Å². The van der Waals surface area contributed by atoms with E-state index in [0.29, 0.717) is 6.54 Å². The maximum atomic E-state index is 5.57. The summed E-state index contributed by atoms with van der Waals surface area (Å²) < 4.78 is 10.8. The van der Waals surface area contributed by atoms with Crippen LogP contribution in [0.2, 0.25) is 0 Å². The molecule has 90 valence electrons. The van der Waals surface area contributed by atoms with Gasteiger partial charge in [-0.2, -0.15) is 0 Å². The summed E-state index contributed by atoms with van der Waals surface area (Å²) in [6.45, 7) is 2.73. The smallest absolute Gasteiger partial charge is 0.174 e. The molecule has 16 heavy (non-hydrogen) atoms. The Hall–Kier alpha value is -0.870. The average molecular weight is 241 g/mol. The summed E-state index contributed by atoms with van der Waals surface area (Å²) in [5.74, 6) is 2.64. The van der Waals surface area contributed by atoms with E-state index in [1.54, 1.807) is 26.0 Å². The summed E-state index contributed by atoms with van der Waals surface area (Å²) in [6, 6.07) is 4.13. The van der Waals surface area contributed by atoms with Crippen molar-refractivity contribution in [1.29, 1.82) is 0 Å². The molecule has 0 fully saturated rings. The lowest BCUT2D eigenvalue weighted by molar-refractivity contribution is 0.345. The summed E-state index contributed by atoms with van der Waals surface area (Å²) >= 11 is 1.75. The third kappa shape index (κ3) is 2.83. The molecule has 4 heteroatoms. The standard InChI is InChI=1S/C12H19NO2S/c1-4-16-10-6-5-9(7-8-13)11(14-2)12(10)15-3/h5-6H,4,7-8,13H2,1-3H3. The fourth-order valence-corrected chi connectivity index (χ4v) is 2.41.